The quantitative estimate of drug-likeness (QED) is 0.687. The maximum Gasteiger partial charge on any atom is 0.309 e. The van der Waals surface area contributed by atoms with Gasteiger partial charge in [0.25, 0.3) is 0 Å². The highest BCUT2D eigenvalue weighted by Gasteiger charge is 2.31. The van der Waals surface area contributed by atoms with E-state index >= 15 is 0 Å². The number of hydrogen-bond donors (Lipinski definition) is 1. The number of hydrogen-bond acceptors (Lipinski definition) is 6. The van der Waals surface area contributed by atoms with E-state index in [0.29, 0.717) is 11.6 Å². The van der Waals surface area contributed by atoms with Crippen molar-refractivity contribution >= 4 is 11.6 Å². The summed E-state index contributed by atoms with van der Waals surface area (Å²) in [5.41, 5.74) is 2.44. The summed E-state index contributed by atoms with van der Waals surface area (Å²) in [6, 6.07) is 3.93. The molecule has 3 rings (SSSR count). The lowest BCUT2D eigenvalue weighted by Gasteiger charge is -2.23. The van der Waals surface area contributed by atoms with Crippen molar-refractivity contribution in [1.82, 2.24) is 15.0 Å². The molecule has 0 aromatic carbocycles. The van der Waals surface area contributed by atoms with Gasteiger partial charge >= 0.3 is 5.69 Å². The molecule has 0 saturated carbocycles. The van der Waals surface area contributed by atoms with Crippen LogP contribution in [0.25, 0.3) is 0 Å². The van der Waals surface area contributed by atoms with Crippen molar-refractivity contribution in [2.75, 3.05) is 12.4 Å². The summed E-state index contributed by atoms with van der Waals surface area (Å²) in [5.74, 6) is 0.240. The van der Waals surface area contributed by atoms with Crippen LogP contribution in [0.3, 0.4) is 0 Å². The molecule has 1 aliphatic carbocycles. The van der Waals surface area contributed by atoms with Gasteiger partial charge in [-0.1, -0.05) is 6.07 Å². The first-order chi connectivity index (χ1) is 10.2. The zero-order valence-corrected chi connectivity index (χ0v) is 11.6. The third-order valence-corrected chi connectivity index (χ3v) is 3.74. The first kappa shape index (κ1) is 13.4. The van der Waals surface area contributed by atoms with Gasteiger partial charge in [-0.2, -0.15) is 0 Å². The Morgan fingerprint density at radius 1 is 1.38 bits per heavy atom. The van der Waals surface area contributed by atoms with Crippen LogP contribution in [0.1, 0.15) is 35.7 Å². The predicted molar refractivity (Wildman–Crippen MR) is 77.3 cm³/mol. The van der Waals surface area contributed by atoms with Gasteiger partial charge in [0, 0.05) is 13.2 Å². The third kappa shape index (κ3) is 2.42. The summed E-state index contributed by atoms with van der Waals surface area (Å²) >= 11 is 0. The number of anilines is 1. The molecule has 1 aliphatic rings. The van der Waals surface area contributed by atoms with E-state index in [1.807, 2.05) is 12.1 Å². The molecule has 0 radical (unpaired) electrons. The van der Waals surface area contributed by atoms with Crippen LogP contribution >= 0.6 is 0 Å². The normalized spacial score (nSPS) is 17.1. The smallest absolute Gasteiger partial charge is 0.309 e. The lowest BCUT2D eigenvalue weighted by atomic mass is 9.84. The summed E-state index contributed by atoms with van der Waals surface area (Å²) in [4.78, 5) is 23.5. The molecule has 21 heavy (non-hydrogen) atoms. The minimum absolute atomic E-state index is 0.0440. The first-order valence-electron chi connectivity index (χ1n) is 6.83. The van der Waals surface area contributed by atoms with Crippen molar-refractivity contribution in [2.45, 2.75) is 25.2 Å². The summed E-state index contributed by atoms with van der Waals surface area (Å²) in [5, 5.41) is 14.1. The lowest BCUT2D eigenvalue weighted by Crippen LogP contribution is -2.16. The Kier molecular flexibility index (Phi) is 3.47. The highest BCUT2D eigenvalue weighted by molar-refractivity contribution is 5.45. The largest absolute Gasteiger partial charge is 0.357 e. The molecule has 0 aliphatic heterocycles. The molecule has 2 aromatic heterocycles. The van der Waals surface area contributed by atoms with Gasteiger partial charge in [-0.3, -0.25) is 15.1 Å². The molecule has 1 unspecified atom stereocenters. The second-order valence-electron chi connectivity index (χ2n) is 4.96. The van der Waals surface area contributed by atoms with Gasteiger partial charge in [-0.15, -0.1) is 0 Å². The summed E-state index contributed by atoms with van der Waals surface area (Å²) in [6.45, 7) is 0. The third-order valence-electron chi connectivity index (χ3n) is 3.74. The molecule has 1 N–H and O–H groups in total. The molecule has 1 atom stereocenters. The number of nitrogens with zero attached hydrogens (tertiary/aromatic N) is 4. The molecule has 7 heteroatoms. The second kappa shape index (κ2) is 5.43. The highest BCUT2D eigenvalue weighted by atomic mass is 16.6. The monoisotopic (exact) mass is 285 g/mol. The Morgan fingerprint density at radius 2 is 2.24 bits per heavy atom. The molecule has 2 heterocycles. The fourth-order valence-electron chi connectivity index (χ4n) is 2.78. The Balaban J connectivity index is 2.14. The molecule has 0 saturated heterocycles. The van der Waals surface area contributed by atoms with Crippen molar-refractivity contribution < 1.29 is 4.92 Å². The minimum Gasteiger partial charge on any atom is -0.357 e. The summed E-state index contributed by atoms with van der Waals surface area (Å²) < 4.78 is 0. The minimum atomic E-state index is -0.425. The maximum absolute atomic E-state index is 11.3. The van der Waals surface area contributed by atoms with Crippen LogP contribution in [0.2, 0.25) is 0 Å². The van der Waals surface area contributed by atoms with E-state index in [-0.39, 0.29) is 11.6 Å². The van der Waals surface area contributed by atoms with Crippen LogP contribution < -0.4 is 5.32 Å². The number of aromatic nitrogens is 3. The Hall–Kier alpha value is -2.57. The average molecular weight is 285 g/mol. The molecule has 0 amide bonds. The van der Waals surface area contributed by atoms with E-state index < -0.39 is 4.92 Å². The predicted octanol–water partition coefficient (Wildman–Crippen LogP) is 2.29. The molecule has 108 valence electrons. The van der Waals surface area contributed by atoms with E-state index in [1.54, 1.807) is 13.2 Å². The number of nitrogens with one attached hydrogen (secondary N) is 1. The number of nitro groups is 1. The SMILES string of the molecule is CNc1ncc([N+](=O)[O-])c(C2CCCc3cccnc32)n1. The number of aryl methyl sites for hydroxylation is 1. The van der Waals surface area contributed by atoms with Crippen LogP contribution in [0.5, 0.6) is 0 Å². The molecular formula is C14H15N5O2. The maximum atomic E-state index is 11.3. The molecule has 0 bridgehead atoms. The van der Waals surface area contributed by atoms with Gasteiger partial charge in [0.1, 0.15) is 11.9 Å². The van der Waals surface area contributed by atoms with E-state index in [0.717, 1.165) is 30.5 Å². The Morgan fingerprint density at radius 3 is 3.00 bits per heavy atom. The van der Waals surface area contributed by atoms with Gasteiger partial charge in [0.2, 0.25) is 5.95 Å². The van der Waals surface area contributed by atoms with Crippen molar-refractivity contribution in [3.05, 3.63) is 51.6 Å². The summed E-state index contributed by atoms with van der Waals surface area (Å²) in [7, 11) is 1.69. The number of pyridine rings is 1. The zero-order valence-electron chi connectivity index (χ0n) is 11.6. The van der Waals surface area contributed by atoms with E-state index in [4.69, 9.17) is 0 Å². The van der Waals surface area contributed by atoms with Crippen molar-refractivity contribution in [3.63, 3.8) is 0 Å². The van der Waals surface area contributed by atoms with Crippen LogP contribution in [0.4, 0.5) is 11.6 Å². The Bertz CT molecular complexity index is 689. The fraction of sp³-hybridized carbons (Fsp3) is 0.357. The van der Waals surface area contributed by atoms with Crippen molar-refractivity contribution in [1.29, 1.82) is 0 Å². The first-order valence-corrected chi connectivity index (χ1v) is 6.83. The van der Waals surface area contributed by atoms with E-state index in [1.165, 1.54) is 6.20 Å². The summed E-state index contributed by atoms with van der Waals surface area (Å²) in [6.07, 6.45) is 5.73. The van der Waals surface area contributed by atoms with Crippen LogP contribution in [-0.2, 0) is 6.42 Å². The van der Waals surface area contributed by atoms with E-state index in [9.17, 15) is 10.1 Å². The van der Waals surface area contributed by atoms with Gasteiger partial charge < -0.3 is 5.32 Å². The van der Waals surface area contributed by atoms with Crippen LogP contribution in [0.15, 0.2) is 24.5 Å². The molecular weight excluding hydrogens is 270 g/mol. The molecule has 0 fully saturated rings. The molecule has 7 nitrogen and oxygen atoms in total. The van der Waals surface area contributed by atoms with Gasteiger partial charge in [0.15, 0.2) is 0 Å². The zero-order chi connectivity index (χ0) is 14.8. The van der Waals surface area contributed by atoms with Crippen molar-refractivity contribution in [3.8, 4) is 0 Å². The van der Waals surface area contributed by atoms with E-state index in [2.05, 4.69) is 20.3 Å². The topological polar surface area (TPSA) is 93.8 Å². The molecule has 0 spiro atoms. The molecule has 2 aromatic rings. The van der Waals surface area contributed by atoms with Crippen molar-refractivity contribution in [2.24, 2.45) is 0 Å². The average Bonchev–Trinajstić information content (AvgIpc) is 2.53. The van der Waals surface area contributed by atoms with Crippen LogP contribution in [0, 0.1) is 10.1 Å². The lowest BCUT2D eigenvalue weighted by molar-refractivity contribution is -0.386. The van der Waals surface area contributed by atoms with Crippen LogP contribution in [-0.4, -0.2) is 26.9 Å². The van der Waals surface area contributed by atoms with Gasteiger partial charge in [0.05, 0.1) is 16.5 Å². The number of fused-ring (bicyclic) bond motifs is 1. The highest BCUT2D eigenvalue weighted by Crippen LogP contribution is 2.38. The second-order valence-corrected chi connectivity index (χ2v) is 4.96. The Labute approximate surface area is 121 Å². The van der Waals surface area contributed by atoms with Gasteiger partial charge in [-0.05, 0) is 30.9 Å². The number of rotatable bonds is 3. The fourth-order valence-corrected chi connectivity index (χ4v) is 2.78. The van der Waals surface area contributed by atoms with Gasteiger partial charge in [-0.25, -0.2) is 9.97 Å². The standard InChI is InChI=1S/C14H15N5O2/c1-15-14-17-8-11(19(20)21)13(18-14)10-6-2-4-9-5-3-7-16-12(9)10/h3,5,7-8,10H,2,4,6H2,1H3,(H,15,17,18).